The number of sulfonamides is 1. The summed E-state index contributed by atoms with van der Waals surface area (Å²) in [4.78, 5) is 27.5. The Balaban J connectivity index is 1.97. The Hall–Kier alpha value is -1.93. The van der Waals surface area contributed by atoms with Gasteiger partial charge < -0.3 is 9.64 Å². The van der Waals surface area contributed by atoms with Crippen molar-refractivity contribution in [3.8, 4) is 0 Å². The molecule has 0 bridgehead atoms. The highest BCUT2D eigenvalue weighted by Gasteiger charge is 2.50. The molecule has 0 aliphatic carbocycles. The average molecular weight is 394 g/mol. The average Bonchev–Trinajstić information content (AvgIpc) is 2.72. The lowest BCUT2D eigenvalue weighted by atomic mass is 9.95. The summed E-state index contributed by atoms with van der Waals surface area (Å²) in [6, 6.07) is 6.27. The quantitative estimate of drug-likeness (QED) is 0.766. The lowest BCUT2D eigenvalue weighted by Gasteiger charge is -2.44. The molecule has 2 saturated heterocycles. The zero-order valence-electron chi connectivity index (χ0n) is 16.4. The van der Waals surface area contributed by atoms with E-state index in [0.717, 1.165) is 4.31 Å². The van der Waals surface area contributed by atoms with Gasteiger partial charge in [-0.15, -0.1) is 0 Å². The predicted octanol–water partition coefficient (Wildman–Crippen LogP) is 2.03. The van der Waals surface area contributed by atoms with Crippen LogP contribution in [0.25, 0.3) is 0 Å². The second-order valence-corrected chi connectivity index (χ2v) is 10.4. The SMILES string of the molecule is CC1CN(C(=O)c2cccc(N3C(=O)C(C)(C)CS3(=O)=O)c2)C(C)(C)CO1. The summed E-state index contributed by atoms with van der Waals surface area (Å²) in [6.45, 7) is 9.86. The first-order chi connectivity index (χ1) is 12.3. The van der Waals surface area contributed by atoms with Gasteiger partial charge in [-0.1, -0.05) is 6.07 Å². The molecule has 7 nitrogen and oxygen atoms in total. The van der Waals surface area contributed by atoms with Gasteiger partial charge in [-0.2, -0.15) is 0 Å². The summed E-state index contributed by atoms with van der Waals surface area (Å²) in [7, 11) is -3.76. The number of carbonyl (C=O) groups is 2. The first kappa shape index (κ1) is 19.8. The summed E-state index contributed by atoms with van der Waals surface area (Å²) in [5.41, 5.74) is -0.907. The fraction of sp³-hybridized carbons (Fsp3) is 0.579. The van der Waals surface area contributed by atoms with Gasteiger partial charge in [0.25, 0.3) is 5.91 Å². The first-order valence-electron chi connectivity index (χ1n) is 8.96. The number of amides is 2. The van der Waals surface area contributed by atoms with E-state index in [9.17, 15) is 18.0 Å². The lowest BCUT2D eigenvalue weighted by Crippen LogP contribution is -2.57. The number of nitrogens with zero attached hydrogens (tertiary/aromatic N) is 2. The zero-order chi connectivity index (χ0) is 20.2. The van der Waals surface area contributed by atoms with Gasteiger partial charge in [0.2, 0.25) is 15.9 Å². The van der Waals surface area contributed by atoms with Crippen molar-refractivity contribution in [3.05, 3.63) is 29.8 Å². The predicted molar refractivity (Wildman–Crippen MR) is 102 cm³/mol. The third-order valence-corrected chi connectivity index (χ3v) is 7.07. The molecule has 8 heteroatoms. The summed E-state index contributed by atoms with van der Waals surface area (Å²) in [5, 5.41) is 0. The van der Waals surface area contributed by atoms with Crippen molar-refractivity contribution < 1.29 is 22.7 Å². The molecule has 2 heterocycles. The van der Waals surface area contributed by atoms with Crippen LogP contribution in [0, 0.1) is 5.41 Å². The first-order valence-corrected chi connectivity index (χ1v) is 10.6. The minimum absolute atomic E-state index is 0.0773. The van der Waals surface area contributed by atoms with Gasteiger partial charge in [0.05, 0.1) is 35.1 Å². The molecule has 2 aliphatic heterocycles. The topological polar surface area (TPSA) is 84.0 Å². The van der Waals surface area contributed by atoms with E-state index in [-0.39, 0.29) is 23.5 Å². The van der Waals surface area contributed by atoms with E-state index in [1.54, 1.807) is 36.9 Å². The van der Waals surface area contributed by atoms with Crippen LogP contribution in [0.4, 0.5) is 5.69 Å². The second kappa shape index (κ2) is 6.31. The Morgan fingerprint density at radius 3 is 2.48 bits per heavy atom. The number of hydrogen-bond acceptors (Lipinski definition) is 5. The molecule has 148 valence electrons. The summed E-state index contributed by atoms with van der Waals surface area (Å²) in [6.07, 6.45) is -0.0773. The van der Waals surface area contributed by atoms with Gasteiger partial charge in [0.1, 0.15) is 0 Å². The third-order valence-electron chi connectivity index (χ3n) is 5.05. The summed E-state index contributed by atoms with van der Waals surface area (Å²) >= 11 is 0. The van der Waals surface area contributed by atoms with Gasteiger partial charge in [0, 0.05) is 12.1 Å². The van der Waals surface area contributed by atoms with Crippen LogP contribution in [-0.2, 0) is 19.6 Å². The molecule has 3 rings (SSSR count). The molecule has 0 N–H and O–H groups in total. The monoisotopic (exact) mass is 394 g/mol. The van der Waals surface area contributed by atoms with Gasteiger partial charge in [-0.05, 0) is 52.8 Å². The Morgan fingerprint density at radius 2 is 1.89 bits per heavy atom. The van der Waals surface area contributed by atoms with E-state index in [4.69, 9.17) is 4.74 Å². The molecule has 2 aliphatic rings. The molecule has 1 aromatic carbocycles. The highest BCUT2D eigenvalue weighted by molar-refractivity contribution is 7.94. The van der Waals surface area contributed by atoms with Crippen molar-refractivity contribution >= 4 is 27.5 Å². The maximum atomic E-state index is 13.1. The number of benzene rings is 1. The van der Waals surface area contributed by atoms with Gasteiger partial charge >= 0.3 is 0 Å². The van der Waals surface area contributed by atoms with Gasteiger partial charge in [-0.25, -0.2) is 12.7 Å². The van der Waals surface area contributed by atoms with Crippen LogP contribution in [0.1, 0.15) is 45.0 Å². The molecule has 27 heavy (non-hydrogen) atoms. The van der Waals surface area contributed by atoms with Crippen LogP contribution in [0.15, 0.2) is 24.3 Å². The molecule has 2 fully saturated rings. The maximum Gasteiger partial charge on any atom is 0.254 e. The standard InChI is InChI=1S/C19H26N2O5S/c1-13-10-20(19(4,5)11-26-13)16(22)14-7-6-8-15(9-14)21-17(23)18(2,3)12-27(21,24)25/h6-9,13H,10-12H2,1-5H3. The van der Waals surface area contributed by atoms with Crippen molar-refractivity contribution in [2.45, 2.75) is 46.3 Å². The van der Waals surface area contributed by atoms with E-state index in [1.807, 2.05) is 20.8 Å². The minimum Gasteiger partial charge on any atom is -0.374 e. The largest absolute Gasteiger partial charge is 0.374 e. The molecule has 0 aromatic heterocycles. The molecular weight excluding hydrogens is 368 g/mol. The molecule has 0 spiro atoms. The van der Waals surface area contributed by atoms with Crippen molar-refractivity contribution in [2.24, 2.45) is 5.41 Å². The number of morpholine rings is 1. The van der Waals surface area contributed by atoms with Crippen LogP contribution >= 0.6 is 0 Å². The Morgan fingerprint density at radius 1 is 1.22 bits per heavy atom. The van der Waals surface area contributed by atoms with Crippen LogP contribution < -0.4 is 4.31 Å². The van der Waals surface area contributed by atoms with Crippen molar-refractivity contribution in [2.75, 3.05) is 23.2 Å². The van der Waals surface area contributed by atoms with Crippen LogP contribution in [0.2, 0.25) is 0 Å². The normalized spacial score (nSPS) is 26.3. The summed E-state index contributed by atoms with van der Waals surface area (Å²) < 4.78 is 31.5. The van der Waals surface area contributed by atoms with E-state index >= 15 is 0 Å². The van der Waals surface area contributed by atoms with Gasteiger partial charge in [0.15, 0.2) is 0 Å². The van der Waals surface area contributed by atoms with Crippen LogP contribution in [0.5, 0.6) is 0 Å². The van der Waals surface area contributed by atoms with Crippen LogP contribution in [-0.4, -0.2) is 55.7 Å². The molecular formula is C19H26N2O5S. The fourth-order valence-corrected chi connectivity index (χ4v) is 5.62. The maximum absolute atomic E-state index is 13.1. The van der Waals surface area contributed by atoms with Crippen LogP contribution in [0.3, 0.4) is 0 Å². The highest BCUT2D eigenvalue weighted by Crippen LogP contribution is 2.36. The van der Waals surface area contributed by atoms with Crippen molar-refractivity contribution in [3.63, 3.8) is 0 Å². The zero-order valence-corrected chi connectivity index (χ0v) is 17.2. The van der Waals surface area contributed by atoms with Crippen molar-refractivity contribution in [1.82, 2.24) is 4.90 Å². The van der Waals surface area contributed by atoms with E-state index in [1.165, 1.54) is 6.07 Å². The van der Waals surface area contributed by atoms with E-state index in [2.05, 4.69) is 0 Å². The summed E-state index contributed by atoms with van der Waals surface area (Å²) in [5.74, 6) is -0.932. The molecule has 1 atom stereocenters. The molecule has 0 radical (unpaired) electrons. The number of anilines is 1. The number of ether oxygens (including phenoxy) is 1. The Labute approximate surface area is 160 Å². The second-order valence-electron chi connectivity index (χ2n) is 8.61. The number of rotatable bonds is 2. The molecule has 1 unspecified atom stereocenters. The minimum atomic E-state index is -3.76. The number of carbonyl (C=O) groups excluding carboxylic acids is 2. The Kier molecular flexibility index (Phi) is 4.63. The highest BCUT2D eigenvalue weighted by atomic mass is 32.2. The number of hydrogen-bond donors (Lipinski definition) is 0. The smallest absolute Gasteiger partial charge is 0.254 e. The van der Waals surface area contributed by atoms with Crippen molar-refractivity contribution in [1.29, 1.82) is 0 Å². The fourth-order valence-electron chi connectivity index (χ4n) is 3.52. The molecule has 1 aromatic rings. The van der Waals surface area contributed by atoms with E-state index in [0.29, 0.717) is 18.7 Å². The van der Waals surface area contributed by atoms with E-state index < -0.39 is 26.9 Å². The lowest BCUT2D eigenvalue weighted by molar-refractivity contribution is -0.123. The molecule has 0 saturated carbocycles. The molecule has 2 amide bonds. The third kappa shape index (κ3) is 3.48. The Bertz CT molecular complexity index is 891. The van der Waals surface area contributed by atoms with Gasteiger partial charge in [-0.3, -0.25) is 9.59 Å².